The molecular weight excluding hydrogens is 355 g/mol. The Morgan fingerprint density at radius 2 is 2.05 bits per heavy atom. The molecule has 0 bridgehead atoms. The Morgan fingerprint density at radius 3 is 2.81 bits per heavy atom. The van der Waals surface area contributed by atoms with Crippen LogP contribution in [-0.4, -0.2) is 15.4 Å². The van der Waals surface area contributed by atoms with Crippen molar-refractivity contribution in [3.05, 3.63) is 58.1 Å². The Balaban J connectivity index is 2.32. The van der Waals surface area contributed by atoms with E-state index in [9.17, 15) is 4.39 Å². The molecule has 0 radical (unpaired) electrons. The molecule has 0 fully saturated rings. The van der Waals surface area contributed by atoms with Crippen LogP contribution in [0.25, 0.3) is 16.7 Å². The highest BCUT2D eigenvalue weighted by Crippen LogP contribution is 2.28. The van der Waals surface area contributed by atoms with Gasteiger partial charge in [-0.15, -0.1) is 11.6 Å². The van der Waals surface area contributed by atoms with Gasteiger partial charge in [-0.25, -0.2) is 9.37 Å². The second kappa shape index (κ2) is 5.78. The molecule has 0 unspecified atom stereocenters. The quantitative estimate of drug-likeness (QED) is 0.595. The molecule has 0 saturated heterocycles. The summed E-state index contributed by atoms with van der Waals surface area (Å²) in [5.41, 5.74) is 3.62. The number of nitrogens with zero attached hydrogens (tertiary/aromatic N) is 2. The number of benzene rings is 2. The fourth-order valence-corrected chi connectivity index (χ4v) is 3.10. The number of aryl methyl sites for hydroxylation is 2. The lowest BCUT2D eigenvalue weighted by Crippen LogP contribution is -2.05. The first kappa shape index (κ1) is 14.5. The Morgan fingerprint density at radius 1 is 1.29 bits per heavy atom. The van der Waals surface area contributed by atoms with E-state index < -0.39 is 0 Å². The Hall–Kier alpha value is -1.39. The molecule has 3 rings (SSSR count). The summed E-state index contributed by atoms with van der Waals surface area (Å²) in [4.78, 5) is 4.62. The van der Waals surface area contributed by atoms with Crippen LogP contribution in [0.4, 0.5) is 4.39 Å². The van der Waals surface area contributed by atoms with Crippen molar-refractivity contribution in [3.8, 4) is 5.69 Å². The van der Waals surface area contributed by atoms with Crippen LogP contribution < -0.4 is 0 Å². The van der Waals surface area contributed by atoms with E-state index in [4.69, 9.17) is 11.6 Å². The molecule has 0 N–H and O–H groups in total. The van der Waals surface area contributed by atoms with Gasteiger partial charge in [-0.05, 0) is 52.7 Å². The summed E-state index contributed by atoms with van der Waals surface area (Å²) >= 11 is 9.11. The SMILES string of the molecule is Cc1cc(Br)c(F)cc1-n1c(CCCl)nc2ccccc21. The monoisotopic (exact) mass is 366 g/mol. The van der Waals surface area contributed by atoms with Gasteiger partial charge in [-0.1, -0.05) is 12.1 Å². The molecule has 0 saturated carbocycles. The second-order valence-electron chi connectivity index (χ2n) is 4.84. The van der Waals surface area contributed by atoms with Crippen LogP contribution in [0.5, 0.6) is 0 Å². The molecule has 0 aliphatic carbocycles. The number of aromatic nitrogens is 2. The van der Waals surface area contributed by atoms with Gasteiger partial charge in [0.25, 0.3) is 0 Å². The summed E-state index contributed by atoms with van der Waals surface area (Å²) in [5, 5.41) is 0. The minimum atomic E-state index is -0.287. The zero-order chi connectivity index (χ0) is 15.0. The topological polar surface area (TPSA) is 17.8 Å². The maximum Gasteiger partial charge on any atom is 0.139 e. The normalized spacial score (nSPS) is 11.2. The zero-order valence-electron chi connectivity index (χ0n) is 11.4. The molecule has 0 aliphatic heterocycles. The number of alkyl halides is 1. The molecule has 0 amide bonds. The van der Waals surface area contributed by atoms with Gasteiger partial charge in [0, 0.05) is 12.3 Å². The summed E-state index contributed by atoms with van der Waals surface area (Å²) in [5.74, 6) is 1.03. The lowest BCUT2D eigenvalue weighted by Gasteiger charge is -2.12. The number of hydrogen-bond donors (Lipinski definition) is 0. The number of imidazole rings is 1. The molecule has 1 heterocycles. The first-order chi connectivity index (χ1) is 10.1. The van der Waals surface area contributed by atoms with Gasteiger partial charge in [0.05, 0.1) is 21.2 Å². The molecule has 108 valence electrons. The summed E-state index contributed by atoms with van der Waals surface area (Å²) in [6.45, 7) is 1.96. The average molecular weight is 368 g/mol. The van der Waals surface area contributed by atoms with E-state index >= 15 is 0 Å². The minimum absolute atomic E-state index is 0.287. The summed E-state index contributed by atoms with van der Waals surface area (Å²) in [6, 6.07) is 11.2. The largest absolute Gasteiger partial charge is 0.296 e. The Bertz CT molecular complexity index is 813. The van der Waals surface area contributed by atoms with Gasteiger partial charge in [-0.2, -0.15) is 0 Å². The van der Waals surface area contributed by atoms with Crippen molar-refractivity contribution in [2.45, 2.75) is 13.3 Å². The highest BCUT2D eigenvalue weighted by molar-refractivity contribution is 9.10. The molecule has 2 aromatic carbocycles. The first-order valence-electron chi connectivity index (χ1n) is 6.60. The van der Waals surface area contributed by atoms with Crippen molar-refractivity contribution in [2.75, 3.05) is 5.88 Å². The van der Waals surface area contributed by atoms with Crippen LogP contribution >= 0.6 is 27.5 Å². The predicted octanol–water partition coefficient (Wildman–Crippen LogP) is 5.02. The van der Waals surface area contributed by atoms with E-state index in [1.165, 1.54) is 6.07 Å². The number of halogens is 3. The highest BCUT2D eigenvalue weighted by Gasteiger charge is 2.15. The second-order valence-corrected chi connectivity index (χ2v) is 6.08. The van der Waals surface area contributed by atoms with E-state index in [0.29, 0.717) is 16.8 Å². The van der Waals surface area contributed by atoms with Gasteiger partial charge in [0.15, 0.2) is 0 Å². The number of para-hydroxylation sites is 2. The first-order valence-corrected chi connectivity index (χ1v) is 7.93. The van der Waals surface area contributed by atoms with Gasteiger partial charge in [0.2, 0.25) is 0 Å². The van der Waals surface area contributed by atoms with Crippen molar-refractivity contribution < 1.29 is 4.39 Å². The molecule has 0 atom stereocenters. The lowest BCUT2D eigenvalue weighted by atomic mass is 10.2. The zero-order valence-corrected chi connectivity index (χ0v) is 13.7. The molecule has 1 aromatic heterocycles. The molecule has 2 nitrogen and oxygen atoms in total. The summed E-state index contributed by atoms with van der Waals surface area (Å²) < 4.78 is 16.4. The smallest absolute Gasteiger partial charge is 0.139 e. The van der Waals surface area contributed by atoms with Crippen molar-refractivity contribution in [1.29, 1.82) is 0 Å². The van der Waals surface area contributed by atoms with Gasteiger partial charge >= 0.3 is 0 Å². The number of hydrogen-bond acceptors (Lipinski definition) is 1. The highest BCUT2D eigenvalue weighted by atomic mass is 79.9. The van der Waals surface area contributed by atoms with Crippen molar-refractivity contribution in [1.82, 2.24) is 9.55 Å². The fraction of sp³-hybridized carbons (Fsp3) is 0.188. The maximum atomic E-state index is 14.0. The third-order valence-electron chi connectivity index (χ3n) is 3.43. The van der Waals surface area contributed by atoms with E-state index in [1.807, 2.05) is 35.8 Å². The molecular formula is C16H13BrClFN2. The lowest BCUT2D eigenvalue weighted by molar-refractivity contribution is 0.619. The number of fused-ring (bicyclic) bond motifs is 1. The van der Waals surface area contributed by atoms with Crippen molar-refractivity contribution >= 4 is 38.6 Å². The Labute approximate surface area is 135 Å². The van der Waals surface area contributed by atoms with Gasteiger partial charge < -0.3 is 0 Å². The standard InChI is InChI=1S/C16H13BrClFN2/c1-10-8-11(17)12(19)9-15(10)21-14-5-3-2-4-13(14)20-16(21)6-7-18/h2-5,8-9H,6-7H2,1H3. The van der Waals surface area contributed by atoms with Crippen LogP contribution in [0, 0.1) is 12.7 Å². The van der Waals surface area contributed by atoms with Gasteiger partial charge in [-0.3, -0.25) is 4.57 Å². The molecule has 0 spiro atoms. The summed E-state index contributed by atoms with van der Waals surface area (Å²) in [7, 11) is 0. The third-order valence-corrected chi connectivity index (χ3v) is 4.22. The van der Waals surface area contributed by atoms with Crippen LogP contribution in [0.15, 0.2) is 40.9 Å². The molecule has 3 aromatic rings. The van der Waals surface area contributed by atoms with E-state index in [0.717, 1.165) is 28.1 Å². The fourth-order valence-electron chi connectivity index (χ4n) is 2.47. The van der Waals surface area contributed by atoms with Crippen LogP contribution in [0.1, 0.15) is 11.4 Å². The van der Waals surface area contributed by atoms with Crippen molar-refractivity contribution in [3.63, 3.8) is 0 Å². The minimum Gasteiger partial charge on any atom is -0.296 e. The number of rotatable bonds is 3. The van der Waals surface area contributed by atoms with Gasteiger partial charge in [0.1, 0.15) is 11.6 Å². The third kappa shape index (κ3) is 2.58. The average Bonchev–Trinajstić information content (AvgIpc) is 2.81. The Kier molecular flexibility index (Phi) is 4.00. The van der Waals surface area contributed by atoms with E-state index in [2.05, 4.69) is 20.9 Å². The molecule has 5 heteroatoms. The van der Waals surface area contributed by atoms with Crippen LogP contribution in [-0.2, 0) is 6.42 Å². The van der Waals surface area contributed by atoms with Crippen molar-refractivity contribution in [2.24, 2.45) is 0 Å². The van der Waals surface area contributed by atoms with Crippen LogP contribution in [0.2, 0.25) is 0 Å². The summed E-state index contributed by atoms with van der Waals surface area (Å²) in [6.07, 6.45) is 0.632. The molecule has 21 heavy (non-hydrogen) atoms. The molecule has 0 aliphatic rings. The maximum absolute atomic E-state index is 14.0. The van der Waals surface area contributed by atoms with Crippen LogP contribution in [0.3, 0.4) is 0 Å². The van der Waals surface area contributed by atoms with E-state index in [-0.39, 0.29) is 5.82 Å². The predicted molar refractivity (Wildman–Crippen MR) is 87.9 cm³/mol. The van der Waals surface area contributed by atoms with E-state index in [1.54, 1.807) is 6.07 Å².